The maximum Gasteiger partial charge on any atom is 0.260 e. The van der Waals surface area contributed by atoms with E-state index in [4.69, 9.17) is 19.2 Å². The van der Waals surface area contributed by atoms with E-state index in [1.807, 2.05) is 36.4 Å². The molecule has 0 fully saturated rings. The number of nitrogens with one attached hydrogen (secondary N) is 1. The van der Waals surface area contributed by atoms with Crippen LogP contribution in [0, 0.1) is 11.3 Å². The molecule has 1 aliphatic heterocycles. The van der Waals surface area contributed by atoms with E-state index in [1.165, 1.54) is 10.4 Å². The van der Waals surface area contributed by atoms with Crippen LogP contribution in [0.3, 0.4) is 0 Å². The van der Waals surface area contributed by atoms with Gasteiger partial charge in [0.25, 0.3) is 5.56 Å². The Morgan fingerprint density at radius 1 is 1.17 bits per heavy atom. The molecule has 6 rings (SSSR count). The summed E-state index contributed by atoms with van der Waals surface area (Å²) in [5.74, 6) is 3.39. The summed E-state index contributed by atoms with van der Waals surface area (Å²) >= 11 is 5.30. The van der Waals surface area contributed by atoms with Gasteiger partial charge in [0, 0.05) is 10.4 Å². The van der Waals surface area contributed by atoms with Gasteiger partial charge < -0.3 is 19.2 Å². The van der Waals surface area contributed by atoms with Crippen LogP contribution in [-0.2, 0) is 19.4 Å². The quantitative estimate of drug-likeness (QED) is 0.291. The Hall–Kier alpha value is -2.84. The van der Waals surface area contributed by atoms with E-state index in [1.54, 1.807) is 11.3 Å². The number of nitrogens with zero attached hydrogens (tertiary/aromatic N) is 1. The molecule has 1 atom stereocenters. The first-order valence-corrected chi connectivity index (χ1v) is 13.7. The van der Waals surface area contributed by atoms with Crippen molar-refractivity contribution in [3.05, 3.63) is 67.2 Å². The minimum Gasteiger partial charge on any atom is -0.488 e. The molecule has 2 aromatic heterocycles. The van der Waals surface area contributed by atoms with Crippen molar-refractivity contribution in [2.24, 2.45) is 11.3 Å². The molecule has 0 saturated carbocycles. The van der Waals surface area contributed by atoms with E-state index in [-0.39, 0.29) is 17.8 Å². The second-order valence-electron chi connectivity index (χ2n) is 10.5. The molecule has 1 aliphatic carbocycles. The number of benzene rings is 2. The average Bonchev–Trinajstić information content (AvgIpc) is 3.46. The van der Waals surface area contributed by atoms with Crippen molar-refractivity contribution >= 4 is 37.5 Å². The number of hydrogen-bond acceptors (Lipinski definition) is 6. The smallest absolute Gasteiger partial charge is 0.260 e. The number of ether oxygens (including phenoxy) is 3. The SMILES string of the molecule is CC(C)(C)C1CCc2c(sc3nc(-c4ccc(OCc5ccc6c(c5)OCO6)c(Br)c4)[nH]c(=O)c23)C1. The van der Waals surface area contributed by atoms with Crippen LogP contribution in [0.5, 0.6) is 17.2 Å². The summed E-state index contributed by atoms with van der Waals surface area (Å²) in [6.07, 6.45) is 3.09. The molecule has 2 aromatic carbocycles. The van der Waals surface area contributed by atoms with Gasteiger partial charge in [0.15, 0.2) is 11.5 Å². The summed E-state index contributed by atoms with van der Waals surface area (Å²) in [7, 11) is 0. The fraction of sp³-hybridized carbons (Fsp3) is 0.357. The van der Waals surface area contributed by atoms with Crippen LogP contribution in [-0.4, -0.2) is 16.8 Å². The standard InChI is InChI=1S/C28H27BrN2O4S/c1-28(2,3)17-6-7-18-23(12-17)36-27-24(18)26(32)30-25(31-27)16-5-9-20(19(29)11-16)33-13-15-4-8-21-22(10-15)35-14-34-21/h4-5,8-11,17H,6-7,12-14H2,1-3H3,(H,30,31,32). The lowest BCUT2D eigenvalue weighted by molar-refractivity contribution is 0.174. The Balaban J connectivity index is 1.24. The zero-order valence-electron chi connectivity index (χ0n) is 20.4. The number of fused-ring (bicyclic) bond motifs is 4. The van der Waals surface area contributed by atoms with E-state index >= 15 is 0 Å². The van der Waals surface area contributed by atoms with Crippen LogP contribution < -0.4 is 19.8 Å². The minimum absolute atomic E-state index is 0.0547. The summed E-state index contributed by atoms with van der Waals surface area (Å²) in [4.78, 5) is 23.2. The van der Waals surface area contributed by atoms with Gasteiger partial charge in [-0.2, -0.15) is 0 Å². The number of thiophene rings is 1. The molecular weight excluding hydrogens is 540 g/mol. The molecule has 4 aromatic rings. The highest BCUT2D eigenvalue weighted by Crippen LogP contribution is 2.42. The summed E-state index contributed by atoms with van der Waals surface area (Å²) in [5, 5.41) is 0.772. The molecule has 1 unspecified atom stereocenters. The molecule has 0 radical (unpaired) electrons. The monoisotopic (exact) mass is 566 g/mol. The van der Waals surface area contributed by atoms with Gasteiger partial charge in [0.1, 0.15) is 23.0 Å². The molecule has 0 amide bonds. The van der Waals surface area contributed by atoms with E-state index < -0.39 is 0 Å². The summed E-state index contributed by atoms with van der Waals surface area (Å²) in [5.41, 5.74) is 3.22. The predicted molar refractivity (Wildman–Crippen MR) is 145 cm³/mol. The first-order chi connectivity index (χ1) is 17.3. The number of rotatable bonds is 4. The highest BCUT2D eigenvalue weighted by Gasteiger charge is 2.31. The Labute approximate surface area is 221 Å². The number of aryl methyl sites for hydroxylation is 1. The van der Waals surface area contributed by atoms with Crippen molar-refractivity contribution < 1.29 is 14.2 Å². The third-order valence-corrected chi connectivity index (χ3v) is 8.95. The van der Waals surface area contributed by atoms with Crippen molar-refractivity contribution in [2.45, 2.75) is 46.6 Å². The molecule has 2 aliphatic rings. The van der Waals surface area contributed by atoms with Gasteiger partial charge in [0.2, 0.25) is 6.79 Å². The highest BCUT2D eigenvalue weighted by molar-refractivity contribution is 9.10. The lowest BCUT2D eigenvalue weighted by atomic mass is 9.72. The van der Waals surface area contributed by atoms with Crippen molar-refractivity contribution in [3.63, 3.8) is 0 Å². The van der Waals surface area contributed by atoms with Gasteiger partial charge in [-0.05, 0) is 88.0 Å². The Morgan fingerprint density at radius 3 is 2.81 bits per heavy atom. The number of H-pyrrole nitrogens is 1. The lowest BCUT2D eigenvalue weighted by Crippen LogP contribution is -2.26. The molecule has 186 valence electrons. The van der Waals surface area contributed by atoms with Crippen LogP contribution >= 0.6 is 27.3 Å². The zero-order valence-corrected chi connectivity index (χ0v) is 22.8. The van der Waals surface area contributed by atoms with Crippen molar-refractivity contribution in [3.8, 4) is 28.6 Å². The second kappa shape index (κ2) is 8.92. The predicted octanol–water partition coefficient (Wildman–Crippen LogP) is 6.87. The van der Waals surface area contributed by atoms with E-state index in [9.17, 15) is 4.79 Å². The molecule has 36 heavy (non-hydrogen) atoms. The number of hydrogen-bond donors (Lipinski definition) is 1. The summed E-state index contributed by atoms with van der Waals surface area (Å²) in [6, 6.07) is 11.5. The maximum atomic E-state index is 13.1. The molecular formula is C28H27BrN2O4S. The number of halogens is 1. The fourth-order valence-electron chi connectivity index (χ4n) is 5.02. The van der Waals surface area contributed by atoms with Crippen LogP contribution in [0.4, 0.5) is 0 Å². The fourth-order valence-corrected chi connectivity index (χ4v) is 6.81. The van der Waals surface area contributed by atoms with Gasteiger partial charge in [-0.25, -0.2) is 4.98 Å². The van der Waals surface area contributed by atoms with Crippen molar-refractivity contribution in [2.75, 3.05) is 6.79 Å². The topological polar surface area (TPSA) is 73.4 Å². The van der Waals surface area contributed by atoms with Crippen LogP contribution in [0.25, 0.3) is 21.6 Å². The minimum atomic E-state index is -0.0547. The van der Waals surface area contributed by atoms with Crippen LogP contribution in [0.15, 0.2) is 45.7 Å². The van der Waals surface area contributed by atoms with E-state index in [0.717, 1.165) is 56.6 Å². The molecule has 1 N–H and O–H groups in total. The second-order valence-corrected chi connectivity index (χ2v) is 12.5. The lowest BCUT2D eigenvalue weighted by Gasteiger charge is -2.33. The Morgan fingerprint density at radius 2 is 2.00 bits per heavy atom. The third kappa shape index (κ3) is 4.30. The van der Waals surface area contributed by atoms with Gasteiger partial charge >= 0.3 is 0 Å². The van der Waals surface area contributed by atoms with Crippen LogP contribution in [0.1, 0.15) is 43.2 Å². The number of aromatic amines is 1. The van der Waals surface area contributed by atoms with Crippen molar-refractivity contribution in [1.82, 2.24) is 9.97 Å². The summed E-state index contributed by atoms with van der Waals surface area (Å²) < 4.78 is 17.6. The Kier molecular flexibility index (Phi) is 5.84. The zero-order chi connectivity index (χ0) is 25.0. The molecule has 8 heteroatoms. The summed E-state index contributed by atoms with van der Waals surface area (Å²) in [6.45, 7) is 7.56. The van der Waals surface area contributed by atoms with Crippen molar-refractivity contribution in [1.29, 1.82) is 0 Å². The first kappa shape index (κ1) is 23.6. The highest BCUT2D eigenvalue weighted by atomic mass is 79.9. The van der Waals surface area contributed by atoms with E-state index in [2.05, 4.69) is 41.7 Å². The largest absolute Gasteiger partial charge is 0.488 e. The van der Waals surface area contributed by atoms with Gasteiger partial charge in [0.05, 0.1) is 9.86 Å². The van der Waals surface area contributed by atoms with Crippen LogP contribution in [0.2, 0.25) is 0 Å². The molecule has 0 bridgehead atoms. The normalized spacial score (nSPS) is 16.8. The van der Waals surface area contributed by atoms with Gasteiger partial charge in [-0.1, -0.05) is 26.8 Å². The van der Waals surface area contributed by atoms with E-state index in [0.29, 0.717) is 24.1 Å². The molecule has 3 heterocycles. The molecule has 0 saturated heterocycles. The van der Waals surface area contributed by atoms with Gasteiger partial charge in [-0.3, -0.25) is 4.79 Å². The van der Waals surface area contributed by atoms with Gasteiger partial charge in [-0.15, -0.1) is 11.3 Å². The third-order valence-electron chi connectivity index (χ3n) is 7.18. The first-order valence-electron chi connectivity index (χ1n) is 12.1. The molecule has 0 spiro atoms. The number of aromatic nitrogens is 2. The maximum absolute atomic E-state index is 13.1. The molecule has 6 nitrogen and oxygen atoms in total. The Bertz CT molecular complexity index is 1540. The average molecular weight is 568 g/mol.